The number of aliphatic hydroxyl groups excluding tert-OH is 1. The molecule has 3 unspecified atom stereocenters. The summed E-state index contributed by atoms with van der Waals surface area (Å²) in [6, 6.07) is 3.77. The van der Waals surface area contributed by atoms with Crippen molar-refractivity contribution in [2.45, 2.75) is 45.3 Å². The summed E-state index contributed by atoms with van der Waals surface area (Å²) in [6.07, 6.45) is 2.13. The van der Waals surface area contributed by atoms with E-state index >= 15 is 0 Å². The molecule has 5 heteroatoms. The van der Waals surface area contributed by atoms with E-state index in [9.17, 15) is 9.90 Å². The molecule has 23 heavy (non-hydrogen) atoms. The number of amides is 1. The molecular formula is C18H24ClNO3. The third-order valence-corrected chi connectivity index (χ3v) is 5.54. The first-order valence-corrected chi connectivity index (χ1v) is 8.70. The number of carbonyl (C=O) groups excluding carboxylic acids is 1. The molecule has 2 aliphatic heterocycles. The van der Waals surface area contributed by atoms with Crippen molar-refractivity contribution in [2.24, 2.45) is 5.92 Å². The van der Waals surface area contributed by atoms with Crippen LogP contribution in [0, 0.1) is 19.8 Å². The number of ether oxygens (including phenoxy) is 1. The van der Waals surface area contributed by atoms with Gasteiger partial charge in [0.05, 0.1) is 23.3 Å². The number of aryl methyl sites for hydroxylation is 2. The first-order valence-electron chi connectivity index (χ1n) is 8.32. The van der Waals surface area contributed by atoms with E-state index in [1.165, 1.54) is 0 Å². The topological polar surface area (TPSA) is 49.8 Å². The molecule has 126 valence electrons. The molecule has 1 aromatic carbocycles. The fourth-order valence-corrected chi connectivity index (χ4v) is 4.00. The number of hydrogen-bond acceptors (Lipinski definition) is 3. The van der Waals surface area contributed by atoms with Crippen molar-refractivity contribution >= 4 is 17.5 Å². The van der Waals surface area contributed by atoms with Crippen molar-refractivity contribution in [2.75, 3.05) is 19.8 Å². The molecule has 3 atom stereocenters. The Morgan fingerprint density at radius 3 is 2.78 bits per heavy atom. The van der Waals surface area contributed by atoms with Gasteiger partial charge in [0.1, 0.15) is 0 Å². The molecule has 0 aromatic heterocycles. The summed E-state index contributed by atoms with van der Waals surface area (Å²) < 4.78 is 5.53. The number of aliphatic hydroxyl groups is 1. The van der Waals surface area contributed by atoms with Gasteiger partial charge in [-0.05, 0) is 56.4 Å². The number of benzene rings is 1. The minimum absolute atomic E-state index is 0.000482. The monoisotopic (exact) mass is 337 g/mol. The average molecular weight is 338 g/mol. The predicted octanol–water partition coefficient (Wildman–Crippen LogP) is 2.96. The maximum absolute atomic E-state index is 13.0. The average Bonchev–Trinajstić information content (AvgIpc) is 3.00. The predicted molar refractivity (Wildman–Crippen MR) is 89.9 cm³/mol. The SMILES string of the molecule is Cc1cc(Cl)c(C(=O)N2CCCC2C2COCCC2O)cc1C. The first-order chi connectivity index (χ1) is 11.0. The second-order valence-electron chi connectivity index (χ2n) is 6.72. The number of halogens is 1. The van der Waals surface area contributed by atoms with Gasteiger partial charge in [0.25, 0.3) is 5.91 Å². The van der Waals surface area contributed by atoms with E-state index in [0.29, 0.717) is 30.2 Å². The van der Waals surface area contributed by atoms with Crippen LogP contribution in [0.2, 0.25) is 5.02 Å². The highest BCUT2D eigenvalue weighted by Gasteiger charge is 2.40. The van der Waals surface area contributed by atoms with E-state index in [2.05, 4.69) is 0 Å². The molecule has 0 bridgehead atoms. The van der Waals surface area contributed by atoms with Crippen molar-refractivity contribution in [3.05, 3.63) is 33.8 Å². The zero-order chi connectivity index (χ0) is 16.6. The lowest BCUT2D eigenvalue weighted by atomic mass is 9.89. The van der Waals surface area contributed by atoms with Crippen molar-refractivity contribution in [3.63, 3.8) is 0 Å². The maximum Gasteiger partial charge on any atom is 0.255 e. The summed E-state index contributed by atoms with van der Waals surface area (Å²) >= 11 is 6.32. The highest BCUT2D eigenvalue weighted by Crippen LogP contribution is 2.32. The van der Waals surface area contributed by atoms with Crippen LogP contribution in [0.3, 0.4) is 0 Å². The Kier molecular flexibility index (Phi) is 4.95. The van der Waals surface area contributed by atoms with E-state index in [0.717, 1.165) is 30.5 Å². The van der Waals surface area contributed by atoms with Crippen LogP contribution >= 0.6 is 11.6 Å². The minimum Gasteiger partial charge on any atom is -0.393 e. The van der Waals surface area contributed by atoms with Gasteiger partial charge in [0, 0.05) is 25.1 Å². The summed E-state index contributed by atoms with van der Waals surface area (Å²) in [6.45, 7) is 5.82. The van der Waals surface area contributed by atoms with Gasteiger partial charge < -0.3 is 14.7 Å². The zero-order valence-electron chi connectivity index (χ0n) is 13.7. The normalized spacial score (nSPS) is 28.2. The number of hydrogen-bond donors (Lipinski definition) is 1. The summed E-state index contributed by atoms with van der Waals surface area (Å²) in [5, 5.41) is 10.8. The molecule has 0 saturated carbocycles. The third kappa shape index (κ3) is 3.25. The van der Waals surface area contributed by atoms with E-state index in [1.807, 2.05) is 30.9 Å². The van der Waals surface area contributed by atoms with Crippen LogP contribution in [-0.2, 0) is 4.74 Å². The van der Waals surface area contributed by atoms with Gasteiger partial charge in [-0.2, -0.15) is 0 Å². The van der Waals surface area contributed by atoms with E-state index < -0.39 is 6.10 Å². The highest BCUT2D eigenvalue weighted by atomic mass is 35.5. The largest absolute Gasteiger partial charge is 0.393 e. The molecule has 2 saturated heterocycles. The Morgan fingerprint density at radius 2 is 2.04 bits per heavy atom. The molecule has 3 rings (SSSR count). The molecule has 0 aliphatic carbocycles. The molecule has 1 aromatic rings. The van der Waals surface area contributed by atoms with Crippen LogP contribution in [0.1, 0.15) is 40.7 Å². The van der Waals surface area contributed by atoms with Crippen molar-refractivity contribution < 1.29 is 14.6 Å². The lowest BCUT2D eigenvalue weighted by molar-refractivity contribution is -0.0589. The van der Waals surface area contributed by atoms with Crippen LogP contribution in [0.5, 0.6) is 0 Å². The van der Waals surface area contributed by atoms with Crippen molar-refractivity contribution in [1.29, 1.82) is 0 Å². The first kappa shape index (κ1) is 16.7. The molecule has 1 amide bonds. The number of likely N-dealkylation sites (tertiary alicyclic amines) is 1. The van der Waals surface area contributed by atoms with Gasteiger partial charge >= 0.3 is 0 Å². The number of carbonyl (C=O) groups is 1. The Balaban J connectivity index is 1.85. The Labute approximate surface area is 142 Å². The standard InChI is InChI=1S/C18H24ClNO3/c1-11-8-13(15(19)9-12(11)2)18(22)20-6-3-4-16(20)14-10-23-7-5-17(14)21/h8-9,14,16-17,21H,3-7,10H2,1-2H3. The number of nitrogens with zero attached hydrogens (tertiary/aromatic N) is 1. The van der Waals surface area contributed by atoms with Crippen LogP contribution in [0.15, 0.2) is 12.1 Å². The smallest absolute Gasteiger partial charge is 0.255 e. The molecule has 0 spiro atoms. The molecule has 4 nitrogen and oxygen atoms in total. The van der Waals surface area contributed by atoms with Gasteiger partial charge in [-0.3, -0.25) is 4.79 Å². The molecule has 1 N–H and O–H groups in total. The molecule has 2 heterocycles. The van der Waals surface area contributed by atoms with Crippen LogP contribution < -0.4 is 0 Å². The lowest BCUT2D eigenvalue weighted by Crippen LogP contribution is -2.48. The maximum atomic E-state index is 13.0. The lowest BCUT2D eigenvalue weighted by Gasteiger charge is -2.37. The van der Waals surface area contributed by atoms with Crippen LogP contribution in [0.4, 0.5) is 0 Å². The fourth-order valence-electron chi connectivity index (χ4n) is 3.71. The van der Waals surface area contributed by atoms with Gasteiger partial charge in [-0.15, -0.1) is 0 Å². The van der Waals surface area contributed by atoms with Gasteiger partial charge in [-0.1, -0.05) is 11.6 Å². The summed E-state index contributed by atoms with van der Waals surface area (Å²) in [7, 11) is 0. The fraction of sp³-hybridized carbons (Fsp3) is 0.611. The van der Waals surface area contributed by atoms with Gasteiger partial charge in [-0.25, -0.2) is 0 Å². The van der Waals surface area contributed by atoms with E-state index in [-0.39, 0.29) is 17.9 Å². The third-order valence-electron chi connectivity index (χ3n) is 5.23. The molecule has 2 fully saturated rings. The molecule has 2 aliphatic rings. The van der Waals surface area contributed by atoms with Crippen LogP contribution in [0.25, 0.3) is 0 Å². The van der Waals surface area contributed by atoms with Gasteiger partial charge in [0.15, 0.2) is 0 Å². The van der Waals surface area contributed by atoms with Crippen molar-refractivity contribution in [1.82, 2.24) is 4.90 Å². The second kappa shape index (κ2) is 6.80. The minimum atomic E-state index is -0.391. The molecule has 0 radical (unpaired) electrons. The molecular weight excluding hydrogens is 314 g/mol. The van der Waals surface area contributed by atoms with Crippen molar-refractivity contribution in [3.8, 4) is 0 Å². The quantitative estimate of drug-likeness (QED) is 0.902. The Morgan fingerprint density at radius 1 is 1.30 bits per heavy atom. The zero-order valence-corrected chi connectivity index (χ0v) is 14.5. The second-order valence-corrected chi connectivity index (χ2v) is 7.13. The Hall–Kier alpha value is -1.10. The summed E-state index contributed by atoms with van der Waals surface area (Å²) in [5.41, 5.74) is 2.71. The summed E-state index contributed by atoms with van der Waals surface area (Å²) in [5.74, 6) is -0.0288. The van der Waals surface area contributed by atoms with E-state index in [4.69, 9.17) is 16.3 Å². The van der Waals surface area contributed by atoms with Gasteiger partial charge in [0.2, 0.25) is 0 Å². The number of rotatable bonds is 2. The van der Waals surface area contributed by atoms with E-state index in [1.54, 1.807) is 0 Å². The highest BCUT2D eigenvalue weighted by molar-refractivity contribution is 6.34. The summed E-state index contributed by atoms with van der Waals surface area (Å²) in [4.78, 5) is 14.9. The Bertz CT molecular complexity index is 604. The van der Waals surface area contributed by atoms with Crippen LogP contribution in [-0.4, -0.2) is 47.8 Å².